The third kappa shape index (κ3) is 2.91. The Bertz CT molecular complexity index is 974. The minimum absolute atomic E-state index is 0.0252. The van der Waals surface area contributed by atoms with E-state index in [-0.39, 0.29) is 40.6 Å². The summed E-state index contributed by atoms with van der Waals surface area (Å²) >= 11 is 0. The fourth-order valence-corrected chi connectivity index (χ4v) is 11.0. The van der Waals surface area contributed by atoms with Crippen molar-refractivity contribution < 1.29 is 30.3 Å². The number of carboxylic acid groups (broad SMARTS) is 1. The van der Waals surface area contributed by atoms with Gasteiger partial charge >= 0.3 is 5.97 Å². The van der Waals surface area contributed by atoms with Crippen molar-refractivity contribution in [3.8, 4) is 0 Å². The van der Waals surface area contributed by atoms with Crippen LogP contribution in [-0.4, -0.2) is 55.9 Å². The number of carboxylic acids is 1. The number of allylic oxidation sites excluding steroid dienone is 1. The monoisotopic (exact) mass is 504 g/mol. The van der Waals surface area contributed by atoms with Crippen LogP contribution in [0.3, 0.4) is 0 Å². The summed E-state index contributed by atoms with van der Waals surface area (Å²) in [6, 6.07) is 0. The highest BCUT2D eigenvalue weighted by atomic mass is 16.4. The van der Waals surface area contributed by atoms with Crippen molar-refractivity contribution in [2.24, 2.45) is 50.7 Å². The molecule has 0 aliphatic heterocycles. The summed E-state index contributed by atoms with van der Waals surface area (Å²) in [5.74, 6) is -0.834. The molecule has 6 heteroatoms. The Hall–Kier alpha value is -0.950. The molecule has 0 aromatic heterocycles. The number of rotatable bonds is 2. The molecule has 0 spiro atoms. The molecule has 36 heavy (non-hydrogen) atoms. The molecule has 5 aliphatic carbocycles. The van der Waals surface area contributed by atoms with Gasteiger partial charge in [0.05, 0.1) is 29.8 Å². The molecule has 0 heterocycles. The molecule has 0 amide bonds. The van der Waals surface area contributed by atoms with Gasteiger partial charge in [-0.3, -0.25) is 4.79 Å². The fraction of sp³-hybridized carbons (Fsp3) is 0.900. The van der Waals surface area contributed by atoms with E-state index >= 15 is 0 Å². The van der Waals surface area contributed by atoms with Crippen LogP contribution in [0.25, 0.3) is 0 Å². The van der Waals surface area contributed by atoms with Crippen molar-refractivity contribution in [3.05, 3.63) is 11.6 Å². The Morgan fingerprint density at radius 1 is 1.00 bits per heavy atom. The summed E-state index contributed by atoms with van der Waals surface area (Å²) in [5.41, 5.74) is -2.28. The number of fused-ring (bicyclic) bond motifs is 7. The van der Waals surface area contributed by atoms with E-state index in [1.807, 2.05) is 13.8 Å². The summed E-state index contributed by atoms with van der Waals surface area (Å²) in [5, 5.41) is 54.8. The predicted molar refractivity (Wildman–Crippen MR) is 137 cm³/mol. The molecule has 204 valence electrons. The Kier molecular flexibility index (Phi) is 5.77. The maximum Gasteiger partial charge on any atom is 0.310 e. The average Bonchev–Trinajstić information content (AvgIpc) is 2.80. The molecule has 4 fully saturated rings. The molecule has 4 saturated carbocycles. The fourth-order valence-electron chi connectivity index (χ4n) is 11.0. The minimum Gasteiger partial charge on any atom is -0.481 e. The third-order valence-corrected chi connectivity index (χ3v) is 13.6. The molecule has 0 aromatic rings. The second-order valence-corrected chi connectivity index (χ2v) is 14.7. The Morgan fingerprint density at radius 2 is 1.67 bits per heavy atom. The SMILES string of the molecule is C[C@@H]1CC[C@]2(C(=O)O)CC[C@]3(C)C(=CC[C@@H]4[C@@]5(C)C[C@@H](O)[C@H](O)[C@](C)(CO)[C@@H]5CC[C@]43C)[C@@H]2[C@]1(C)O. The number of carbonyl (C=O) groups is 1. The summed E-state index contributed by atoms with van der Waals surface area (Å²) in [4.78, 5) is 12.8. The van der Waals surface area contributed by atoms with Crippen LogP contribution in [0.4, 0.5) is 0 Å². The van der Waals surface area contributed by atoms with Crippen molar-refractivity contribution in [1.82, 2.24) is 0 Å². The first-order valence-corrected chi connectivity index (χ1v) is 14.2. The van der Waals surface area contributed by atoms with E-state index in [9.17, 15) is 30.3 Å². The highest BCUT2D eigenvalue weighted by Crippen LogP contribution is 2.76. The lowest BCUT2D eigenvalue weighted by atomic mass is 9.33. The van der Waals surface area contributed by atoms with Crippen molar-refractivity contribution in [2.75, 3.05) is 6.61 Å². The first-order valence-electron chi connectivity index (χ1n) is 14.2. The van der Waals surface area contributed by atoms with Crippen LogP contribution >= 0.6 is 0 Å². The molecule has 6 nitrogen and oxygen atoms in total. The zero-order valence-corrected chi connectivity index (χ0v) is 23.0. The lowest BCUT2D eigenvalue weighted by Crippen LogP contribution is -2.69. The highest BCUT2D eigenvalue weighted by molar-refractivity contribution is 5.77. The maximum atomic E-state index is 12.8. The first-order chi connectivity index (χ1) is 16.6. The molecular formula is C30H48O6. The van der Waals surface area contributed by atoms with Gasteiger partial charge in [-0.15, -0.1) is 0 Å². The largest absolute Gasteiger partial charge is 0.481 e. The van der Waals surface area contributed by atoms with Crippen LogP contribution in [0.1, 0.15) is 92.9 Å². The maximum absolute atomic E-state index is 12.8. The summed E-state index contributed by atoms with van der Waals surface area (Å²) in [7, 11) is 0. The predicted octanol–water partition coefficient (Wildman–Crippen LogP) is 4.15. The van der Waals surface area contributed by atoms with Gasteiger partial charge in [0.2, 0.25) is 0 Å². The van der Waals surface area contributed by atoms with Crippen LogP contribution in [0.15, 0.2) is 11.6 Å². The zero-order valence-electron chi connectivity index (χ0n) is 23.0. The molecule has 0 saturated heterocycles. The number of hydrogen-bond donors (Lipinski definition) is 5. The topological polar surface area (TPSA) is 118 Å². The molecule has 5 N–H and O–H groups in total. The minimum atomic E-state index is -1.09. The molecule has 5 aliphatic rings. The molecule has 0 aromatic carbocycles. The quantitative estimate of drug-likeness (QED) is 0.361. The normalized spacial score (nSPS) is 58.6. The highest BCUT2D eigenvalue weighted by Gasteiger charge is 2.72. The van der Waals surface area contributed by atoms with Gasteiger partial charge in [0.25, 0.3) is 0 Å². The van der Waals surface area contributed by atoms with E-state index in [0.717, 1.165) is 37.7 Å². The molecule has 0 bridgehead atoms. The van der Waals surface area contributed by atoms with Crippen molar-refractivity contribution in [3.63, 3.8) is 0 Å². The van der Waals surface area contributed by atoms with Gasteiger partial charge in [-0.2, -0.15) is 0 Å². The number of aliphatic hydroxyl groups is 4. The van der Waals surface area contributed by atoms with Gasteiger partial charge in [-0.1, -0.05) is 46.3 Å². The van der Waals surface area contributed by atoms with E-state index in [0.29, 0.717) is 19.3 Å². The average molecular weight is 505 g/mol. The number of hydrogen-bond acceptors (Lipinski definition) is 5. The summed E-state index contributed by atoms with van der Waals surface area (Å²) in [6.07, 6.45) is 6.20. The third-order valence-electron chi connectivity index (χ3n) is 13.6. The van der Waals surface area contributed by atoms with Crippen molar-refractivity contribution >= 4 is 5.97 Å². The second kappa shape index (κ2) is 7.80. The zero-order chi connectivity index (χ0) is 26.7. The van der Waals surface area contributed by atoms with E-state index < -0.39 is 40.5 Å². The molecule has 0 unspecified atom stereocenters. The Labute approximate surface area is 216 Å². The smallest absolute Gasteiger partial charge is 0.310 e. The second-order valence-electron chi connectivity index (χ2n) is 14.7. The molecule has 12 atom stereocenters. The van der Waals surface area contributed by atoms with Gasteiger partial charge in [-0.05, 0) is 92.3 Å². The molecular weight excluding hydrogens is 456 g/mol. The summed E-state index contributed by atoms with van der Waals surface area (Å²) in [6.45, 7) is 12.6. The first kappa shape index (κ1) is 26.6. The van der Waals surface area contributed by atoms with E-state index in [1.54, 1.807) is 0 Å². The van der Waals surface area contributed by atoms with Crippen LogP contribution in [0.2, 0.25) is 0 Å². The van der Waals surface area contributed by atoms with Crippen molar-refractivity contribution in [1.29, 1.82) is 0 Å². The van der Waals surface area contributed by atoms with Gasteiger partial charge in [0.15, 0.2) is 0 Å². The Morgan fingerprint density at radius 3 is 2.28 bits per heavy atom. The summed E-state index contributed by atoms with van der Waals surface area (Å²) < 4.78 is 0. The van der Waals surface area contributed by atoms with Gasteiger partial charge in [0, 0.05) is 11.3 Å². The van der Waals surface area contributed by atoms with Crippen LogP contribution < -0.4 is 0 Å². The van der Waals surface area contributed by atoms with E-state index in [1.165, 1.54) is 0 Å². The Balaban J connectivity index is 1.65. The number of aliphatic carboxylic acids is 1. The van der Waals surface area contributed by atoms with E-state index in [4.69, 9.17) is 0 Å². The van der Waals surface area contributed by atoms with Crippen LogP contribution in [-0.2, 0) is 4.79 Å². The number of aliphatic hydroxyl groups excluding tert-OH is 3. The lowest BCUT2D eigenvalue weighted by Gasteiger charge is -2.72. The van der Waals surface area contributed by atoms with Crippen molar-refractivity contribution in [2.45, 2.75) is 111 Å². The van der Waals surface area contributed by atoms with Gasteiger partial charge in [0.1, 0.15) is 0 Å². The molecule has 0 radical (unpaired) electrons. The standard InChI is InChI=1S/C30H48O6/c1-17-9-12-30(24(34)35)14-13-27(4)18(22(30)29(17,6)36)7-8-21-25(2)15-19(32)23(33)26(3,16-31)20(25)10-11-28(21,27)5/h7,17,19-23,31-33,36H,8-16H2,1-6H3,(H,34,35)/t17-,19-,20-,21-,22-,23+,25+,26-,27-,28-,29-,30+/m1/s1. The molecule has 5 rings (SSSR count). The van der Waals surface area contributed by atoms with Gasteiger partial charge < -0.3 is 25.5 Å². The van der Waals surface area contributed by atoms with E-state index in [2.05, 4.69) is 33.8 Å². The van der Waals surface area contributed by atoms with Crippen LogP contribution in [0.5, 0.6) is 0 Å². The van der Waals surface area contributed by atoms with Gasteiger partial charge in [-0.25, -0.2) is 0 Å². The lowest BCUT2D eigenvalue weighted by molar-refractivity contribution is -0.247. The van der Waals surface area contributed by atoms with Crippen LogP contribution in [0, 0.1) is 50.7 Å².